The largest absolute Gasteiger partial charge is 0.595 e. The molecule has 0 aromatic rings. The molecule has 0 bridgehead atoms. The van der Waals surface area contributed by atoms with Gasteiger partial charge in [-0.25, -0.2) is 0 Å². The van der Waals surface area contributed by atoms with Crippen LogP contribution in [0.2, 0.25) is 0 Å². The quantitative estimate of drug-likeness (QED) is 0.315. The van der Waals surface area contributed by atoms with Gasteiger partial charge in [-0.1, -0.05) is 0 Å². The second kappa shape index (κ2) is 3.41. The molecule has 4 nitrogen and oxygen atoms in total. The van der Waals surface area contributed by atoms with Crippen LogP contribution in [-0.4, -0.2) is 44.9 Å². The van der Waals surface area contributed by atoms with Crippen molar-refractivity contribution in [2.24, 2.45) is 0 Å². The molecule has 0 spiro atoms. The van der Waals surface area contributed by atoms with Gasteiger partial charge in [0.2, 0.25) is 0 Å². The first-order chi connectivity index (χ1) is 4.42. The number of nitrogens with zero attached hydrogens (tertiary/aromatic N) is 1. The summed E-state index contributed by atoms with van der Waals surface area (Å²) in [5, 5.41) is 16.4. The van der Waals surface area contributed by atoms with Crippen molar-refractivity contribution >= 4 is 6.08 Å². The zero-order valence-electron chi connectivity index (χ0n) is 6.68. The van der Waals surface area contributed by atoms with Gasteiger partial charge in [-0.3, -0.25) is 5.41 Å². The molecule has 10 heavy (non-hydrogen) atoms. The molecule has 1 N–H and O–H groups in total. The smallest absolute Gasteiger partial charge is 0.142 e. The summed E-state index contributed by atoms with van der Waals surface area (Å²) in [7, 11) is 5.99. The predicted octanol–water partition coefficient (Wildman–Crippen LogP) is -0.996. The molecule has 60 valence electrons. The van der Waals surface area contributed by atoms with Crippen LogP contribution in [0.15, 0.2) is 0 Å². The molecule has 0 aliphatic rings. The molecule has 0 unspecified atom stereocenters. The summed E-state index contributed by atoms with van der Waals surface area (Å²) in [4.78, 5) is 0. The van der Waals surface area contributed by atoms with Gasteiger partial charge in [-0.15, -0.1) is 0 Å². The van der Waals surface area contributed by atoms with Crippen molar-refractivity contribution in [1.29, 1.82) is 5.41 Å². The molecular formula is C6H14N2O2. The molecule has 4 heteroatoms. The van der Waals surface area contributed by atoms with Crippen molar-refractivity contribution in [1.82, 2.24) is 0 Å². The highest BCUT2D eigenvalue weighted by atomic mass is 16.6. The third kappa shape index (κ3) is 7.23. The Hall–Kier alpha value is -0.770. The maximum Gasteiger partial charge on any atom is 0.142 e. The second-order valence-corrected chi connectivity index (χ2v) is 3.15. The van der Waals surface area contributed by atoms with Crippen LogP contribution in [0.1, 0.15) is 0 Å². The summed E-state index contributed by atoms with van der Waals surface area (Å²) in [6, 6.07) is 0. The number of ether oxygens (including phenoxy) is 1. The van der Waals surface area contributed by atoms with Gasteiger partial charge in [0.1, 0.15) is 6.08 Å². The number of quaternary nitrogens is 1. The van der Waals surface area contributed by atoms with E-state index in [4.69, 9.17) is 5.41 Å². The standard InChI is InChI=1S/C6H14N2O2/c1-8(2,3)4-5-10-6(7)9/h4-5H2,1-3H3,(H-,7,9). The lowest BCUT2D eigenvalue weighted by atomic mass is 10.5. The van der Waals surface area contributed by atoms with E-state index in [2.05, 4.69) is 4.74 Å². The van der Waals surface area contributed by atoms with E-state index in [1.165, 1.54) is 0 Å². The van der Waals surface area contributed by atoms with Crippen LogP contribution in [0, 0.1) is 5.41 Å². The molecule has 0 aromatic heterocycles. The van der Waals surface area contributed by atoms with Gasteiger partial charge >= 0.3 is 0 Å². The van der Waals surface area contributed by atoms with E-state index in [1.54, 1.807) is 0 Å². The monoisotopic (exact) mass is 146 g/mol. The minimum absolute atomic E-state index is 0.325. The van der Waals surface area contributed by atoms with Crippen molar-refractivity contribution in [3.8, 4) is 0 Å². The third-order valence-electron chi connectivity index (χ3n) is 0.995. The summed E-state index contributed by atoms with van der Waals surface area (Å²) in [6.07, 6.45) is -0.951. The zero-order chi connectivity index (χ0) is 8.20. The molecule has 0 amide bonds. The Kier molecular flexibility index (Phi) is 3.15. The van der Waals surface area contributed by atoms with Crippen LogP contribution in [0.25, 0.3) is 0 Å². The summed E-state index contributed by atoms with van der Waals surface area (Å²) in [5.74, 6) is 0. The highest BCUT2D eigenvalue weighted by Crippen LogP contribution is 1.88. The molecule has 0 rings (SSSR count). The first kappa shape index (κ1) is 9.23. The number of likely N-dealkylation sites (N-methyl/N-ethyl adjacent to an activating group) is 1. The van der Waals surface area contributed by atoms with Gasteiger partial charge in [-0.2, -0.15) is 0 Å². The predicted molar refractivity (Wildman–Crippen MR) is 36.6 cm³/mol. The third-order valence-corrected chi connectivity index (χ3v) is 0.995. The molecule has 0 atom stereocenters. The Balaban J connectivity index is 3.29. The van der Waals surface area contributed by atoms with Crippen LogP contribution in [0.5, 0.6) is 0 Å². The van der Waals surface area contributed by atoms with Crippen LogP contribution in [0.3, 0.4) is 0 Å². The molecule has 0 fully saturated rings. The average Bonchev–Trinajstić information content (AvgIpc) is 1.59. The van der Waals surface area contributed by atoms with Crippen molar-refractivity contribution in [3.63, 3.8) is 0 Å². The number of hydrogen-bond acceptors (Lipinski definition) is 3. The van der Waals surface area contributed by atoms with Gasteiger partial charge in [-0.05, 0) is 0 Å². The highest BCUT2D eigenvalue weighted by Gasteiger charge is 2.02. The van der Waals surface area contributed by atoms with Crippen molar-refractivity contribution in [2.75, 3.05) is 34.3 Å². The molecule has 0 aliphatic carbocycles. The van der Waals surface area contributed by atoms with Crippen LogP contribution >= 0.6 is 0 Å². The van der Waals surface area contributed by atoms with Crippen molar-refractivity contribution in [3.05, 3.63) is 0 Å². The van der Waals surface area contributed by atoms with Crippen LogP contribution in [0.4, 0.5) is 0 Å². The van der Waals surface area contributed by atoms with E-state index >= 15 is 0 Å². The van der Waals surface area contributed by atoms with Gasteiger partial charge in [0.05, 0.1) is 27.7 Å². The number of nitrogens with one attached hydrogen (secondary N) is 1. The Labute approximate surface area is 61.1 Å². The van der Waals surface area contributed by atoms with Crippen molar-refractivity contribution < 1.29 is 14.3 Å². The van der Waals surface area contributed by atoms with E-state index in [0.717, 1.165) is 11.0 Å². The lowest BCUT2D eigenvalue weighted by Gasteiger charge is -2.25. The van der Waals surface area contributed by atoms with Gasteiger partial charge in [0, 0.05) is 6.61 Å². The Bertz CT molecular complexity index is 117. The van der Waals surface area contributed by atoms with E-state index in [1.807, 2.05) is 21.1 Å². The fraction of sp³-hybridized carbons (Fsp3) is 0.833. The Morgan fingerprint density at radius 1 is 1.50 bits per heavy atom. The Morgan fingerprint density at radius 3 is 2.30 bits per heavy atom. The first-order valence-electron chi connectivity index (χ1n) is 3.10. The summed E-state index contributed by atoms with van der Waals surface area (Å²) < 4.78 is 5.17. The van der Waals surface area contributed by atoms with E-state index < -0.39 is 6.08 Å². The van der Waals surface area contributed by atoms with E-state index in [-0.39, 0.29) is 0 Å². The number of rotatable bonds is 3. The maximum atomic E-state index is 9.97. The molecular weight excluding hydrogens is 132 g/mol. The molecule has 0 saturated heterocycles. The van der Waals surface area contributed by atoms with Crippen molar-refractivity contribution in [2.45, 2.75) is 0 Å². The Morgan fingerprint density at radius 2 is 2.00 bits per heavy atom. The summed E-state index contributed by atoms with van der Waals surface area (Å²) >= 11 is 0. The topological polar surface area (TPSA) is 56.1 Å². The van der Waals surface area contributed by atoms with Crippen LogP contribution in [-0.2, 0) is 4.74 Å². The summed E-state index contributed by atoms with van der Waals surface area (Å²) in [6.45, 7) is 1.07. The maximum absolute atomic E-state index is 9.97. The molecule has 0 radical (unpaired) electrons. The van der Waals surface area contributed by atoms with Gasteiger partial charge in [0.15, 0.2) is 0 Å². The summed E-state index contributed by atoms with van der Waals surface area (Å²) in [5.41, 5.74) is 0. The van der Waals surface area contributed by atoms with Gasteiger partial charge in [0.25, 0.3) is 0 Å². The first-order valence-corrected chi connectivity index (χ1v) is 3.10. The fourth-order valence-corrected chi connectivity index (χ4v) is 0.412. The normalized spacial score (nSPS) is 11.1. The SMILES string of the molecule is C[N+](C)(C)CCOC(=N)[O-]. The lowest BCUT2D eigenvalue weighted by molar-refractivity contribution is -0.870. The zero-order valence-corrected chi connectivity index (χ0v) is 6.68. The van der Waals surface area contributed by atoms with E-state index in [0.29, 0.717) is 6.61 Å². The average molecular weight is 146 g/mol. The number of hydrogen-bond donors (Lipinski definition) is 1. The molecule has 0 aliphatic heterocycles. The molecule has 0 aromatic carbocycles. The van der Waals surface area contributed by atoms with Crippen LogP contribution < -0.4 is 5.11 Å². The minimum atomic E-state index is -0.951. The minimum Gasteiger partial charge on any atom is -0.595 e. The molecule has 0 saturated carbocycles. The second-order valence-electron chi connectivity index (χ2n) is 3.15. The molecule has 0 heterocycles. The van der Waals surface area contributed by atoms with E-state index in [9.17, 15) is 5.11 Å². The fourth-order valence-electron chi connectivity index (χ4n) is 0.412. The van der Waals surface area contributed by atoms with Gasteiger partial charge < -0.3 is 14.3 Å². The highest BCUT2D eigenvalue weighted by molar-refractivity contribution is 5.56. The lowest BCUT2D eigenvalue weighted by Crippen LogP contribution is -2.38.